The second-order valence-corrected chi connectivity index (χ2v) is 9.63. The standard InChI is InChI=1S/C25H37N5O5S/c1-6-7-17(24(32)28-12-10-15(2)3)30(25(33)22-20(26)21(23(27)31)29-36-22)13-11-16-8-9-18(34-4)19(14-16)35-5/h8-9,14-15,17H,6-7,10-13,26H2,1-5H3,(H2,27,31)(H,28,32). The first-order valence-corrected chi connectivity index (χ1v) is 12.8. The lowest BCUT2D eigenvalue weighted by Crippen LogP contribution is -2.50. The van der Waals surface area contributed by atoms with Crippen molar-refractivity contribution in [2.45, 2.75) is 52.5 Å². The van der Waals surface area contributed by atoms with Gasteiger partial charge in [-0.1, -0.05) is 33.3 Å². The Labute approximate surface area is 216 Å². The van der Waals surface area contributed by atoms with Crippen LogP contribution in [0.1, 0.15) is 65.8 Å². The van der Waals surface area contributed by atoms with Gasteiger partial charge in [-0.15, -0.1) is 0 Å². The number of carbonyl (C=O) groups is 3. The van der Waals surface area contributed by atoms with Gasteiger partial charge in [0.05, 0.1) is 19.9 Å². The Hall–Kier alpha value is -3.34. The van der Waals surface area contributed by atoms with Crippen LogP contribution in [0.3, 0.4) is 0 Å². The van der Waals surface area contributed by atoms with Gasteiger partial charge in [0.15, 0.2) is 17.2 Å². The average molecular weight is 520 g/mol. The summed E-state index contributed by atoms with van der Waals surface area (Å²) in [6.07, 6.45) is 2.43. The third-order valence-electron chi connectivity index (χ3n) is 5.77. The Kier molecular flexibility index (Phi) is 11.0. The molecule has 10 nitrogen and oxygen atoms in total. The van der Waals surface area contributed by atoms with Gasteiger partial charge < -0.3 is 31.2 Å². The number of benzene rings is 1. The van der Waals surface area contributed by atoms with Gasteiger partial charge in [-0.25, -0.2) is 0 Å². The van der Waals surface area contributed by atoms with E-state index in [-0.39, 0.29) is 28.7 Å². The van der Waals surface area contributed by atoms with Gasteiger partial charge >= 0.3 is 0 Å². The molecular weight excluding hydrogens is 482 g/mol. The summed E-state index contributed by atoms with van der Waals surface area (Å²) in [5, 5.41) is 2.97. The van der Waals surface area contributed by atoms with E-state index in [1.54, 1.807) is 20.3 Å². The summed E-state index contributed by atoms with van der Waals surface area (Å²) in [5.74, 6) is 0.103. The number of nitrogen functional groups attached to an aromatic ring is 1. The van der Waals surface area contributed by atoms with E-state index >= 15 is 0 Å². The summed E-state index contributed by atoms with van der Waals surface area (Å²) in [4.78, 5) is 40.2. The summed E-state index contributed by atoms with van der Waals surface area (Å²) >= 11 is 0.807. The van der Waals surface area contributed by atoms with Gasteiger partial charge in [-0.05, 0) is 54.4 Å². The molecule has 11 heteroatoms. The number of hydrogen-bond acceptors (Lipinski definition) is 8. The highest BCUT2D eigenvalue weighted by atomic mass is 32.1. The fraction of sp³-hybridized carbons (Fsp3) is 0.520. The molecule has 0 radical (unpaired) electrons. The van der Waals surface area contributed by atoms with E-state index in [9.17, 15) is 14.4 Å². The fourth-order valence-corrected chi connectivity index (χ4v) is 4.51. The van der Waals surface area contributed by atoms with Gasteiger partial charge in [0, 0.05) is 13.1 Å². The SMILES string of the molecule is CCCC(C(=O)NCCC(C)C)N(CCc1ccc(OC)c(OC)c1)C(=O)c1snc(C(N)=O)c1N. The first-order chi connectivity index (χ1) is 17.1. The van der Waals surface area contributed by atoms with Gasteiger partial charge in [-0.2, -0.15) is 4.37 Å². The number of nitrogens with one attached hydrogen (secondary N) is 1. The van der Waals surface area contributed by atoms with Crippen LogP contribution in [0.25, 0.3) is 0 Å². The molecule has 0 aliphatic carbocycles. The third kappa shape index (κ3) is 7.33. The monoisotopic (exact) mass is 519 g/mol. The predicted octanol–water partition coefficient (Wildman–Crippen LogP) is 2.86. The van der Waals surface area contributed by atoms with Crippen LogP contribution < -0.4 is 26.3 Å². The van der Waals surface area contributed by atoms with Crippen molar-refractivity contribution in [3.63, 3.8) is 0 Å². The number of primary amides is 1. The summed E-state index contributed by atoms with van der Waals surface area (Å²) in [6, 6.07) is 4.80. The molecule has 0 saturated carbocycles. The van der Waals surface area contributed by atoms with Crippen LogP contribution in [0.15, 0.2) is 18.2 Å². The van der Waals surface area contributed by atoms with E-state index in [0.717, 1.165) is 23.5 Å². The van der Waals surface area contributed by atoms with Crippen molar-refractivity contribution in [2.24, 2.45) is 11.7 Å². The molecule has 0 spiro atoms. The number of carbonyl (C=O) groups excluding carboxylic acids is 3. The van der Waals surface area contributed by atoms with E-state index in [1.165, 1.54) is 4.90 Å². The zero-order chi connectivity index (χ0) is 26.8. The maximum Gasteiger partial charge on any atom is 0.270 e. The van der Waals surface area contributed by atoms with Crippen molar-refractivity contribution in [3.05, 3.63) is 34.3 Å². The lowest BCUT2D eigenvalue weighted by atomic mass is 10.1. The molecule has 2 aromatic rings. The minimum Gasteiger partial charge on any atom is -0.493 e. The molecule has 1 heterocycles. The molecule has 1 aromatic carbocycles. The number of nitrogens with zero attached hydrogens (tertiary/aromatic N) is 2. The molecule has 2 rings (SSSR count). The van der Waals surface area contributed by atoms with Crippen molar-refractivity contribution in [1.82, 2.24) is 14.6 Å². The largest absolute Gasteiger partial charge is 0.493 e. The number of amides is 3. The smallest absolute Gasteiger partial charge is 0.270 e. The lowest BCUT2D eigenvalue weighted by molar-refractivity contribution is -0.126. The third-order valence-corrected chi connectivity index (χ3v) is 6.62. The molecule has 0 aliphatic heterocycles. The Balaban J connectivity index is 2.38. The summed E-state index contributed by atoms with van der Waals surface area (Å²) in [7, 11) is 3.12. The summed E-state index contributed by atoms with van der Waals surface area (Å²) in [6.45, 7) is 6.87. The number of methoxy groups -OCH3 is 2. The molecule has 1 unspecified atom stereocenters. The Morgan fingerprint density at radius 3 is 2.39 bits per heavy atom. The molecule has 0 aliphatic rings. The van der Waals surface area contributed by atoms with Gasteiger partial charge in [0.25, 0.3) is 11.8 Å². The lowest BCUT2D eigenvalue weighted by Gasteiger charge is -2.31. The topological polar surface area (TPSA) is 150 Å². The highest BCUT2D eigenvalue weighted by molar-refractivity contribution is 7.09. The number of ether oxygens (including phenoxy) is 2. The number of nitrogens with two attached hydrogens (primary N) is 2. The zero-order valence-corrected chi connectivity index (χ0v) is 22.4. The molecule has 1 aromatic heterocycles. The quantitative estimate of drug-likeness (QED) is 0.347. The van der Waals surface area contributed by atoms with E-state index in [0.29, 0.717) is 43.2 Å². The molecule has 3 amide bonds. The molecular formula is C25H37N5O5S. The highest BCUT2D eigenvalue weighted by Gasteiger charge is 2.33. The Bertz CT molecular complexity index is 1060. The maximum atomic E-state index is 13.7. The summed E-state index contributed by atoms with van der Waals surface area (Å²) < 4.78 is 14.7. The van der Waals surface area contributed by atoms with Crippen molar-refractivity contribution in [3.8, 4) is 11.5 Å². The molecule has 0 fully saturated rings. The minimum absolute atomic E-state index is 0.0657. The van der Waals surface area contributed by atoms with Crippen molar-refractivity contribution in [2.75, 3.05) is 33.0 Å². The maximum absolute atomic E-state index is 13.7. The van der Waals surface area contributed by atoms with Crippen LogP contribution in [0.5, 0.6) is 11.5 Å². The normalized spacial score (nSPS) is 11.7. The van der Waals surface area contributed by atoms with Gasteiger partial charge in [-0.3, -0.25) is 14.4 Å². The van der Waals surface area contributed by atoms with Crippen LogP contribution in [-0.2, 0) is 11.2 Å². The molecule has 198 valence electrons. The van der Waals surface area contributed by atoms with Crippen LogP contribution in [0.4, 0.5) is 5.69 Å². The van der Waals surface area contributed by atoms with Crippen molar-refractivity contribution in [1.29, 1.82) is 0 Å². The van der Waals surface area contributed by atoms with Gasteiger partial charge in [0.2, 0.25) is 5.91 Å². The summed E-state index contributed by atoms with van der Waals surface area (Å²) in [5.41, 5.74) is 12.1. The van der Waals surface area contributed by atoms with E-state index in [4.69, 9.17) is 20.9 Å². The average Bonchev–Trinajstić information content (AvgIpc) is 3.24. The van der Waals surface area contributed by atoms with E-state index in [2.05, 4.69) is 23.5 Å². The number of hydrogen-bond donors (Lipinski definition) is 3. The second-order valence-electron chi connectivity index (χ2n) is 8.85. The van der Waals surface area contributed by atoms with Crippen molar-refractivity contribution < 1.29 is 23.9 Å². The second kappa shape index (κ2) is 13.7. The fourth-order valence-electron chi connectivity index (χ4n) is 3.75. The highest BCUT2D eigenvalue weighted by Crippen LogP contribution is 2.29. The first-order valence-electron chi connectivity index (χ1n) is 12.0. The minimum atomic E-state index is -0.809. The van der Waals surface area contributed by atoms with E-state index in [1.807, 2.05) is 19.1 Å². The number of anilines is 1. The number of aromatic nitrogens is 1. The van der Waals surface area contributed by atoms with Crippen LogP contribution in [0.2, 0.25) is 0 Å². The molecule has 1 atom stereocenters. The van der Waals surface area contributed by atoms with Crippen molar-refractivity contribution >= 4 is 34.9 Å². The molecule has 5 N–H and O–H groups in total. The zero-order valence-electron chi connectivity index (χ0n) is 21.6. The van der Waals surface area contributed by atoms with Crippen LogP contribution in [0, 0.1) is 5.92 Å². The predicted molar refractivity (Wildman–Crippen MR) is 140 cm³/mol. The van der Waals surface area contributed by atoms with Gasteiger partial charge in [0.1, 0.15) is 10.9 Å². The first kappa shape index (κ1) is 28.9. The van der Waals surface area contributed by atoms with Crippen LogP contribution in [-0.4, -0.2) is 60.3 Å². The number of rotatable bonds is 14. The Morgan fingerprint density at radius 1 is 1.14 bits per heavy atom. The van der Waals surface area contributed by atoms with E-state index < -0.39 is 17.9 Å². The Morgan fingerprint density at radius 2 is 1.83 bits per heavy atom. The molecule has 36 heavy (non-hydrogen) atoms. The van der Waals surface area contributed by atoms with Crippen LogP contribution >= 0.6 is 11.5 Å². The molecule has 0 saturated heterocycles. The molecule has 0 bridgehead atoms.